The molecule has 2 atom stereocenters. The number of nitrogens with one attached hydrogen (secondary N) is 1. The highest BCUT2D eigenvalue weighted by Crippen LogP contribution is 2.26. The van der Waals surface area contributed by atoms with Crippen molar-refractivity contribution in [3.63, 3.8) is 0 Å². The monoisotopic (exact) mass is 283 g/mol. The Morgan fingerprint density at radius 3 is 2.75 bits per heavy atom. The van der Waals surface area contributed by atoms with Gasteiger partial charge in [0, 0.05) is 12.1 Å². The number of aliphatic hydroxyl groups excluding tert-OH is 1. The molecule has 0 radical (unpaired) electrons. The lowest BCUT2D eigenvalue weighted by molar-refractivity contribution is -0.127. The third-order valence-electron chi connectivity index (χ3n) is 2.92. The minimum absolute atomic E-state index is 0.223. The van der Waals surface area contributed by atoms with E-state index in [9.17, 15) is 14.3 Å². The number of halogens is 1. The van der Waals surface area contributed by atoms with Gasteiger partial charge in [-0.25, -0.2) is 4.39 Å². The molecule has 0 saturated heterocycles. The molecule has 1 aromatic carbocycles. The molecule has 0 fully saturated rings. The fourth-order valence-corrected chi connectivity index (χ4v) is 1.73. The van der Waals surface area contributed by atoms with Gasteiger partial charge >= 0.3 is 0 Å². The van der Waals surface area contributed by atoms with Crippen LogP contribution in [0.15, 0.2) is 18.2 Å². The summed E-state index contributed by atoms with van der Waals surface area (Å²) in [4.78, 5) is 11.8. The summed E-state index contributed by atoms with van der Waals surface area (Å²) in [5.41, 5.74) is 0.332. The molecule has 1 aromatic rings. The van der Waals surface area contributed by atoms with Gasteiger partial charge in [0.1, 0.15) is 11.6 Å². The third-order valence-corrected chi connectivity index (χ3v) is 2.92. The molecule has 0 bridgehead atoms. The highest BCUT2D eigenvalue weighted by atomic mass is 19.1. The van der Waals surface area contributed by atoms with Gasteiger partial charge in [0.05, 0.1) is 6.10 Å². The molecule has 20 heavy (non-hydrogen) atoms. The summed E-state index contributed by atoms with van der Waals surface area (Å²) in [6.45, 7) is 5.79. The summed E-state index contributed by atoms with van der Waals surface area (Å²) < 4.78 is 18.7. The molecular weight excluding hydrogens is 261 g/mol. The Bertz CT molecular complexity index is 449. The summed E-state index contributed by atoms with van der Waals surface area (Å²) in [6.07, 6.45) is 0.346. The number of hydrogen-bond acceptors (Lipinski definition) is 3. The number of rotatable bonds is 7. The average molecular weight is 283 g/mol. The van der Waals surface area contributed by atoms with Crippen LogP contribution >= 0.6 is 0 Å². The lowest BCUT2D eigenvalue weighted by Crippen LogP contribution is -2.37. The Balaban J connectivity index is 2.70. The van der Waals surface area contributed by atoms with Crippen molar-refractivity contribution in [2.24, 2.45) is 0 Å². The van der Waals surface area contributed by atoms with Crippen molar-refractivity contribution in [1.29, 1.82) is 0 Å². The Morgan fingerprint density at radius 2 is 2.15 bits per heavy atom. The lowest BCUT2D eigenvalue weighted by Gasteiger charge is -2.18. The van der Waals surface area contributed by atoms with Crippen LogP contribution < -0.4 is 10.1 Å². The quantitative estimate of drug-likeness (QED) is 0.756. The molecular formula is C15H22FNO3. The second-order valence-electron chi connectivity index (χ2n) is 4.76. The highest BCUT2D eigenvalue weighted by Gasteiger charge is 2.17. The third kappa shape index (κ3) is 4.81. The van der Waals surface area contributed by atoms with Gasteiger partial charge in [-0.05, 0) is 38.5 Å². The number of amides is 1. The van der Waals surface area contributed by atoms with E-state index in [1.54, 1.807) is 6.92 Å². The lowest BCUT2D eigenvalue weighted by atomic mass is 10.1. The van der Waals surface area contributed by atoms with Crippen molar-refractivity contribution in [3.8, 4) is 5.75 Å². The first-order valence-electron chi connectivity index (χ1n) is 6.87. The molecule has 2 N–H and O–H groups in total. The molecule has 0 aliphatic heterocycles. The van der Waals surface area contributed by atoms with Crippen LogP contribution in [-0.2, 0) is 4.79 Å². The normalized spacial score (nSPS) is 13.7. The van der Waals surface area contributed by atoms with E-state index in [1.165, 1.54) is 25.1 Å². The van der Waals surface area contributed by atoms with Crippen LogP contribution in [0.2, 0.25) is 0 Å². The Kier molecular flexibility index (Phi) is 6.45. The van der Waals surface area contributed by atoms with E-state index in [0.29, 0.717) is 17.9 Å². The molecule has 5 heteroatoms. The number of benzene rings is 1. The highest BCUT2D eigenvalue weighted by molar-refractivity contribution is 5.80. The van der Waals surface area contributed by atoms with Crippen molar-refractivity contribution < 1.29 is 19.0 Å². The van der Waals surface area contributed by atoms with Crippen molar-refractivity contribution in [2.45, 2.75) is 45.8 Å². The maximum atomic E-state index is 13.2. The zero-order chi connectivity index (χ0) is 15.1. The van der Waals surface area contributed by atoms with Crippen LogP contribution in [0.1, 0.15) is 45.3 Å². The first-order chi connectivity index (χ1) is 9.45. The predicted octanol–water partition coefficient (Wildman–Crippen LogP) is 2.56. The summed E-state index contributed by atoms with van der Waals surface area (Å²) in [5.74, 6) is -0.354. The van der Waals surface area contributed by atoms with Crippen LogP contribution in [-0.4, -0.2) is 23.7 Å². The van der Waals surface area contributed by atoms with E-state index >= 15 is 0 Å². The second-order valence-corrected chi connectivity index (χ2v) is 4.76. The number of ether oxygens (including phenoxy) is 1. The Morgan fingerprint density at radius 1 is 1.45 bits per heavy atom. The number of aliphatic hydroxyl groups is 1. The van der Waals surface area contributed by atoms with E-state index in [2.05, 4.69) is 5.32 Å². The predicted molar refractivity (Wildman–Crippen MR) is 75.0 cm³/mol. The van der Waals surface area contributed by atoms with Gasteiger partial charge in [-0.1, -0.05) is 13.3 Å². The Labute approximate surface area is 119 Å². The van der Waals surface area contributed by atoms with Crippen molar-refractivity contribution >= 4 is 5.91 Å². The van der Waals surface area contributed by atoms with E-state index in [1.807, 2.05) is 6.92 Å². The average Bonchev–Trinajstić information content (AvgIpc) is 2.40. The molecule has 0 aromatic heterocycles. The number of carbonyl (C=O) groups is 1. The van der Waals surface area contributed by atoms with Gasteiger partial charge in [-0.15, -0.1) is 0 Å². The Hall–Kier alpha value is -1.62. The molecule has 1 amide bonds. The molecule has 0 aliphatic carbocycles. The number of unbranched alkanes of at least 4 members (excludes halogenated alkanes) is 1. The van der Waals surface area contributed by atoms with Crippen LogP contribution in [0.3, 0.4) is 0 Å². The van der Waals surface area contributed by atoms with Crippen LogP contribution in [0.25, 0.3) is 0 Å². The van der Waals surface area contributed by atoms with E-state index in [0.717, 1.165) is 12.8 Å². The van der Waals surface area contributed by atoms with Crippen molar-refractivity contribution in [1.82, 2.24) is 5.32 Å². The van der Waals surface area contributed by atoms with Crippen LogP contribution in [0.5, 0.6) is 5.75 Å². The maximum Gasteiger partial charge on any atom is 0.260 e. The smallest absolute Gasteiger partial charge is 0.260 e. The second kappa shape index (κ2) is 7.85. The molecule has 0 heterocycles. The van der Waals surface area contributed by atoms with Gasteiger partial charge < -0.3 is 15.2 Å². The fourth-order valence-electron chi connectivity index (χ4n) is 1.73. The topological polar surface area (TPSA) is 58.6 Å². The molecule has 1 rings (SSSR count). The zero-order valence-electron chi connectivity index (χ0n) is 12.1. The van der Waals surface area contributed by atoms with E-state index in [-0.39, 0.29) is 5.91 Å². The molecule has 0 saturated carbocycles. The summed E-state index contributed by atoms with van der Waals surface area (Å²) in [7, 11) is 0. The molecule has 0 spiro atoms. The molecule has 4 nitrogen and oxygen atoms in total. The molecule has 2 unspecified atom stereocenters. The summed E-state index contributed by atoms with van der Waals surface area (Å²) >= 11 is 0. The standard InChI is InChI=1S/C15H22FNO3/c1-4-5-8-17-15(19)11(3)20-14-7-6-12(16)9-13(14)10(2)18/h6-7,9-11,18H,4-5,8H2,1-3H3,(H,17,19). The van der Waals surface area contributed by atoms with E-state index in [4.69, 9.17) is 4.74 Å². The largest absolute Gasteiger partial charge is 0.481 e. The minimum atomic E-state index is -0.865. The van der Waals surface area contributed by atoms with E-state index < -0.39 is 18.0 Å². The number of carbonyl (C=O) groups excluding carboxylic acids is 1. The summed E-state index contributed by atoms with van der Waals surface area (Å²) in [5, 5.41) is 12.4. The van der Waals surface area contributed by atoms with Crippen molar-refractivity contribution in [3.05, 3.63) is 29.6 Å². The van der Waals surface area contributed by atoms with Crippen LogP contribution in [0.4, 0.5) is 4.39 Å². The maximum absolute atomic E-state index is 13.2. The van der Waals surface area contributed by atoms with Crippen LogP contribution in [0, 0.1) is 5.82 Å². The minimum Gasteiger partial charge on any atom is -0.481 e. The van der Waals surface area contributed by atoms with Gasteiger partial charge in [0.2, 0.25) is 0 Å². The zero-order valence-corrected chi connectivity index (χ0v) is 12.1. The van der Waals surface area contributed by atoms with Gasteiger partial charge in [0.25, 0.3) is 5.91 Å². The number of hydrogen-bond donors (Lipinski definition) is 2. The molecule has 112 valence electrons. The first-order valence-corrected chi connectivity index (χ1v) is 6.87. The SMILES string of the molecule is CCCCNC(=O)C(C)Oc1ccc(F)cc1C(C)O. The van der Waals surface area contributed by atoms with Crippen molar-refractivity contribution in [2.75, 3.05) is 6.54 Å². The molecule has 0 aliphatic rings. The van der Waals surface area contributed by atoms with Gasteiger partial charge in [0.15, 0.2) is 6.10 Å². The van der Waals surface area contributed by atoms with Gasteiger partial charge in [-0.2, -0.15) is 0 Å². The summed E-state index contributed by atoms with van der Waals surface area (Å²) in [6, 6.07) is 3.87. The van der Waals surface area contributed by atoms with Gasteiger partial charge in [-0.3, -0.25) is 4.79 Å². The fraction of sp³-hybridized carbons (Fsp3) is 0.533. The first kappa shape index (κ1) is 16.4.